The van der Waals surface area contributed by atoms with Crippen LogP contribution in [0.1, 0.15) is 27.7 Å². The monoisotopic (exact) mass is 408 g/mol. The van der Waals surface area contributed by atoms with Crippen molar-refractivity contribution in [2.75, 3.05) is 41.5 Å². The highest BCUT2D eigenvalue weighted by Gasteiger charge is 1.98. The molecular weight excluding hydrogens is 374 g/mol. The Labute approximate surface area is 168 Å². The summed E-state index contributed by atoms with van der Waals surface area (Å²) in [5, 5.41) is 0. The van der Waals surface area contributed by atoms with Gasteiger partial charge in [-0.25, -0.2) is 18.4 Å². The highest BCUT2D eigenvalue weighted by Crippen LogP contribution is 1.91. The molecule has 0 unspecified atom stereocenters. The fourth-order valence-corrected chi connectivity index (χ4v) is 0.630. The van der Waals surface area contributed by atoms with E-state index in [1.165, 1.54) is 7.11 Å². The maximum Gasteiger partial charge on any atom is 0.333 e. The molecule has 27 heavy (non-hydrogen) atoms. The lowest BCUT2D eigenvalue weighted by atomic mass is 10.4. The Morgan fingerprint density at radius 3 is 1.33 bits per heavy atom. The minimum Gasteiger partial charge on any atom is -0.466 e. The zero-order valence-corrected chi connectivity index (χ0v) is 18.6. The number of halogens is 1. The molecule has 158 valence electrons. The van der Waals surface area contributed by atoms with E-state index in [-0.39, 0.29) is 17.9 Å². The molecule has 0 N–H and O–H groups in total. The van der Waals surface area contributed by atoms with Crippen LogP contribution in [0, 0.1) is 0 Å². The Morgan fingerprint density at radius 1 is 0.926 bits per heavy atom. The van der Waals surface area contributed by atoms with Gasteiger partial charge in [-0.2, -0.15) is 0 Å². The second-order valence-electron chi connectivity index (χ2n) is 5.58. The van der Waals surface area contributed by atoms with Crippen molar-refractivity contribution in [1.82, 2.24) is 0 Å². The summed E-state index contributed by atoms with van der Waals surface area (Å²) in [7, 11) is 7.00. The van der Waals surface area contributed by atoms with Crippen molar-refractivity contribution in [1.29, 1.82) is 0 Å². The van der Waals surface area contributed by atoms with Crippen LogP contribution < -0.4 is 0 Å². The molecule has 0 amide bonds. The van der Waals surface area contributed by atoms with E-state index in [0.717, 1.165) is 6.08 Å². The third kappa shape index (κ3) is 45.3. The van der Waals surface area contributed by atoms with Crippen LogP contribution in [-0.4, -0.2) is 63.4 Å². The Kier molecular flexibility index (Phi) is 24.3. The molecule has 0 aromatic carbocycles. The van der Waals surface area contributed by atoms with Crippen LogP contribution in [0.15, 0.2) is 37.0 Å². The van der Waals surface area contributed by atoms with Gasteiger partial charge in [0, 0.05) is 17.2 Å². The minimum atomic E-state index is -0.359. The molecule has 7 nitrogen and oxygen atoms in total. The molecule has 0 aromatic heterocycles. The van der Waals surface area contributed by atoms with E-state index in [9.17, 15) is 14.4 Å². The number of ether oxygens (including phenoxy) is 3. The van der Waals surface area contributed by atoms with Crippen molar-refractivity contribution in [2.45, 2.75) is 27.7 Å². The topological polar surface area (TPSA) is 78.9 Å². The molecule has 0 aromatic rings. The first-order valence-electron chi connectivity index (χ1n) is 8.04. The van der Waals surface area contributed by atoms with E-state index in [1.54, 1.807) is 27.7 Å². The third-order valence-electron chi connectivity index (χ3n) is 1.61. The molecule has 0 aliphatic heterocycles. The molecule has 0 saturated heterocycles. The van der Waals surface area contributed by atoms with E-state index < -0.39 is 0 Å². The molecule has 0 aliphatic rings. The van der Waals surface area contributed by atoms with Gasteiger partial charge in [-0.05, 0) is 27.7 Å². The molecule has 0 radical (unpaired) electrons. The standard InChI is InChI=1S/C6H10O2.2C5H8O2.C3H9ClN/c1-4-8-6(7)5(2)3;1-4(2)5(6)7-3;1-3-5(6)7-4-2;1-5(2,3)4/h2,4H2,1,3H3;1H2,2-3H3;3H,1,4H2,2H3;1-3H3/q;;;+1. The van der Waals surface area contributed by atoms with Crippen LogP contribution in [0.4, 0.5) is 0 Å². The van der Waals surface area contributed by atoms with Gasteiger partial charge in [0.05, 0.1) is 41.5 Å². The van der Waals surface area contributed by atoms with Crippen LogP contribution in [0.25, 0.3) is 0 Å². The Morgan fingerprint density at radius 2 is 1.26 bits per heavy atom. The smallest absolute Gasteiger partial charge is 0.333 e. The molecule has 0 spiro atoms. The molecule has 0 rings (SSSR count). The maximum atomic E-state index is 10.4. The Hall–Kier alpha value is -2.12. The maximum absolute atomic E-state index is 10.4. The predicted molar refractivity (Wildman–Crippen MR) is 109 cm³/mol. The zero-order valence-electron chi connectivity index (χ0n) is 17.9. The van der Waals surface area contributed by atoms with E-state index >= 15 is 0 Å². The molecule has 0 saturated carbocycles. The van der Waals surface area contributed by atoms with E-state index in [4.69, 9.17) is 11.8 Å². The molecule has 8 heteroatoms. The lowest BCUT2D eigenvalue weighted by Gasteiger charge is -2.07. The number of nitrogens with zero attached hydrogens (tertiary/aromatic N) is 1. The Balaban J connectivity index is -0.000000132. The number of carbonyl (C=O) groups excluding carboxylic acids is 3. The number of hydrogen-bond donors (Lipinski definition) is 0. The minimum absolute atomic E-state index is 0.312. The van der Waals surface area contributed by atoms with Gasteiger partial charge in [-0.3, -0.25) is 0 Å². The van der Waals surface area contributed by atoms with Gasteiger partial charge in [0.1, 0.15) is 0 Å². The first-order valence-corrected chi connectivity index (χ1v) is 8.38. The number of hydrogen-bond acceptors (Lipinski definition) is 6. The van der Waals surface area contributed by atoms with E-state index in [1.807, 2.05) is 21.1 Å². The van der Waals surface area contributed by atoms with Gasteiger partial charge >= 0.3 is 17.9 Å². The average molecular weight is 409 g/mol. The second-order valence-corrected chi connectivity index (χ2v) is 6.59. The van der Waals surface area contributed by atoms with Crippen molar-refractivity contribution in [3.05, 3.63) is 37.0 Å². The molecule has 0 heterocycles. The van der Waals surface area contributed by atoms with Crippen LogP contribution in [0.5, 0.6) is 0 Å². The van der Waals surface area contributed by atoms with Crippen LogP contribution in [0.2, 0.25) is 0 Å². The van der Waals surface area contributed by atoms with Crippen molar-refractivity contribution in [3.8, 4) is 0 Å². The fourth-order valence-electron chi connectivity index (χ4n) is 0.630. The molecule has 0 bridgehead atoms. The van der Waals surface area contributed by atoms with Crippen molar-refractivity contribution < 1.29 is 32.6 Å². The van der Waals surface area contributed by atoms with Crippen LogP contribution in [0.3, 0.4) is 0 Å². The Bertz CT molecular complexity index is 473. The summed E-state index contributed by atoms with van der Waals surface area (Å²) in [4.78, 5) is 30.7. The number of carbonyl (C=O) groups is 3. The summed E-state index contributed by atoms with van der Waals surface area (Å²) in [6.07, 6.45) is 1.14. The highest BCUT2D eigenvalue weighted by atomic mass is 35.5. The number of methoxy groups -OCH3 is 1. The van der Waals surface area contributed by atoms with Crippen molar-refractivity contribution in [3.63, 3.8) is 0 Å². The number of esters is 3. The predicted octanol–water partition coefficient (Wildman–Crippen LogP) is 3.44. The number of quaternary nitrogens is 1. The molecule has 0 fully saturated rings. The van der Waals surface area contributed by atoms with E-state index in [2.05, 4.69) is 33.9 Å². The second kappa shape index (κ2) is 20.2. The first kappa shape index (κ1) is 32.5. The lowest BCUT2D eigenvalue weighted by Crippen LogP contribution is -2.19. The SMILES string of the molecule is C=C(C)C(=O)OC.C=C(C)C(=O)OCC.C=CC(=O)OCC.C[N+](C)(C)Cl. The summed E-state index contributed by atoms with van der Waals surface area (Å²) < 4.78 is 13.7. The lowest BCUT2D eigenvalue weighted by molar-refractivity contribution is -0.747. The van der Waals surface area contributed by atoms with Gasteiger partial charge in [-0.1, -0.05) is 19.7 Å². The largest absolute Gasteiger partial charge is 0.466 e. The van der Waals surface area contributed by atoms with E-state index in [0.29, 0.717) is 28.4 Å². The van der Waals surface area contributed by atoms with Crippen molar-refractivity contribution >= 4 is 29.7 Å². The van der Waals surface area contributed by atoms with Crippen LogP contribution in [-0.2, 0) is 28.6 Å². The van der Waals surface area contributed by atoms with Gasteiger partial charge in [0.15, 0.2) is 11.8 Å². The van der Waals surface area contributed by atoms with Gasteiger partial charge in [-0.15, -0.1) is 0 Å². The van der Waals surface area contributed by atoms with Crippen LogP contribution >= 0.6 is 11.8 Å². The first-order chi connectivity index (χ1) is 12.2. The third-order valence-corrected chi connectivity index (χ3v) is 1.61. The summed E-state index contributed by atoms with van der Waals surface area (Å²) in [5.74, 6) is -1.02. The summed E-state index contributed by atoms with van der Waals surface area (Å²) in [5.41, 5.74) is 0.884. The molecule has 0 aliphatic carbocycles. The fraction of sp³-hybridized carbons (Fsp3) is 0.526. The van der Waals surface area contributed by atoms with Crippen molar-refractivity contribution in [2.24, 2.45) is 0 Å². The normalized spacial score (nSPS) is 8.63. The quantitative estimate of drug-likeness (QED) is 0.300. The highest BCUT2D eigenvalue weighted by molar-refractivity contribution is 6.06. The van der Waals surface area contributed by atoms with Gasteiger partial charge in [0.25, 0.3) is 0 Å². The van der Waals surface area contributed by atoms with Gasteiger partial charge in [0.2, 0.25) is 0 Å². The summed E-state index contributed by atoms with van der Waals surface area (Å²) in [6, 6.07) is 0. The summed E-state index contributed by atoms with van der Waals surface area (Å²) in [6.45, 7) is 17.5. The number of rotatable bonds is 5. The summed E-state index contributed by atoms with van der Waals surface area (Å²) >= 11 is 5.47. The molecule has 0 atom stereocenters. The molecular formula is C19H35ClNO6+. The average Bonchev–Trinajstić information content (AvgIpc) is 2.53. The zero-order chi connectivity index (χ0) is 22.6. The van der Waals surface area contributed by atoms with Gasteiger partial charge < -0.3 is 14.2 Å².